The first kappa shape index (κ1) is 13.2. The summed E-state index contributed by atoms with van der Waals surface area (Å²) in [6.45, 7) is -2.97. The van der Waals surface area contributed by atoms with Crippen molar-refractivity contribution in [3.05, 3.63) is 16.6 Å². The zero-order valence-corrected chi connectivity index (χ0v) is 10.4. The summed E-state index contributed by atoms with van der Waals surface area (Å²) in [5.41, 5.74) is 0.0304. The van der Waals surface area contributed by atoms with Crippen LogP contribution in [0.1, 0.15) is 0 Å². The maximum atomic E-state index is 12.2. The lowest BCUT2D eigenvalue weighted by atomic mass is 10.3. The molecule has 1 aromatic carbocycles. The standard InChI is InChI=1S/C9H6BrF2NO2S/c1-16-8-5(10)2-3-6(13-4-14)7(8)15-9(11)12/h2-3,9H,1H3. The van der Waals surface area contributed by atoms with Crippen LogP contribution in [-0.2, 0) is 4.79 Å². The number of isocyanates is 1. The summed E-state index contributed by atoms with van der Waals surface area (Å²) in [5.74, 6) is -0.125. The van der Waals surface area contributed by atoms with E-state index in [1.165, 1.54) is 23.9 Å². The Morgan fingerprint density at radius 1 is 1.56 bits per heavy atom. The van der Waals surface area contributed by atoms with Crippen LogP contribution in [-0.4, -0.2) is 18.9 Å². The van der Waals surface area contributed by atoms with Crippen LogP contribution in [0.4, 0.5) is 14.5 Å². The molecule has 1 aromatic rings. The Labute approximate surface area is 103 Å². The fraction of sp³-hybridized carbons (Fsp3) is 0.222. The van der Waals surface area contributed by atoms with Gasteiger partial charge in [-0.05, 0) is 34.3 Å². The normalized spacial score (nSPS) is 10.1. The number of thioether (sulfide) groups is 1. The minimum absolute atomic E-state index is 0.0304. The number of nitrogens with zero attached hydrogens (tertiary/aromatic N) is 1. The Morgan fingerprint density at radius 3 is 2.75 bits per heavy atom. The van der Waals surface area contributed by atoms with E-state index < -0.39 is 6.61 Å². The molecule has 16 heavy (non-hydrogen) atoms. The van der Waals surface area contributed by atoms with Gasteiger partial charge in [-0.2, -0.15) is 13.8 Å². The van der Waals surface area contributed by atoms with Crippen LogP contribution in [0.3, 0.4) is 0 Å². The molecule has 0 radical (unpaired) electrons. The van der Waals surface area contributed by atoms with Crippen molar-refractivity contribution in [2.24, 2.45) is 4.99 Å². The van der Waals surface area contributed by atoms with Crippen molar-refractivity contribution in [1.29, 1.82) is 0 Å². The van der Waals surface area contributed by atoms with E-state index in [9.17, 15) is 13.6 Å². The molecule has 0 aromatic heterocycles. The smallest absolute Gasteiger partial charge is 0.387 e. The van der Waals surface area contributed by atoms with E-state index in [1.54, 1.807) is 12.3 Å². The lowest BCUT2D eigenvalue weighted by molar-refractivity contribution is -0.0512. The highest BCUT2D eigenvalue weighted by Gasteiger charge is 2.16. The third-order valence-corrected chi connectivity index (χ3v) is 3.36. The molecule has 0 saturated carbocycles. The van der Waals surface area contributed by atoms with Crippen LogP contribution in [0.25, 0.3) is 0 Å². The molecule has 0 aliphatic heterocycles. The zero-order chi connectivity index (χ0) is 12.1. The number of aliphatic imine (C=N–C) groups is 1. The van der Waals surface area contributed by atoms with Gasteiger partial charge < -0.3 is 4.74 Å². The summed E-state index contributed by atoms with van der Waals surface area (Å²) in [7, 11) is 0. The molecule has 0 aliphatic carbocycles. The summed E-state index contributed by atoms with van der Waals surface area (Å²) < 4.78 is 29.3. The predicted octanol–water partition coefficient (Wildman–Crippen LogP) is 3.74. The average Bonchev–Trinajstić information content (AvgIpc) is 2.22. The molecule has 0 unspecified atom stereocenters. The first-order valence-corrected chi connectivity index (χ1v) is 6.01. The number of hydrogen-bond donors (Lipinski definition) is 0. The minimum atomic E-state index is -2.97. The van der Waals surface area contributed by atoms with E-state index in [1.807, 2.05) is 0 Å². The Kier molecular flexibility index (Phi) is 4.92. The Morgan fingerprint density at radius 2 is 2.25 bits per heavy atom. The second-order valence-corrected chi connectivity index (χ2v) is 4.18. The van der Waals surface area contributed by atoms with Gasteiger partial charge in [-0.1, -0.05) is 0 Å². The molecule has 7 heteroatoms. The molecule has 0 spiro atoms. The number of alkyl halides is 2. The van der Waals surface area contributed by atoms with Crippen LogP contribution in [0.5, 0.6) is 5.75 Å². The van der Waals surface area contributed by atoms with Gasteiger partial charge in [0.2, 0.25) is 6.08 Å². The highest BCUT2D eigenvalue weighted by Crippen LogP contribution is 2.42. The molecular weight excluding hydrogens is 304 g/mol. The molecular formula is C9H6BrF2NO2S. The van der Waals surface area contributed by atoms with E-state index >= 15 is 0 Å². The van der Waals surface area contributed by atoms with Crippen molar-refractivity contribution in [1.82, 2.24) is 0 Å². The quantitative estimate of drug-likeness (QED) is 0.483. The molecule has 0 saturated heterocycles. The first-order valence-electron chi connectivity index (χ1n) is 3.99. The predicted molar refractivity (Wildman–Crippen MR) is 60.3 cm³/mol. The molecule has 3 nitrogen and oxygen atoms in total. The molecule has 0 bridgehead atoms. The highest BCUT2D eigenvalue weighted by molar-refractivity contribution is 9.10. The van der Waals surface area contributed by atoms with E-state index in [4.69, 9.17) is 0 Å². The number of benzene rings is 1. The van der Waals surface area contributed by atoms with Crippen LogP contribution >= 0.6 is 27.7 Å². The Bertz CT molecular complexity index is 436. The Balaban J connectivity index is 3.34. The fourth-order valence-electron chi connectivity index (χ4n) is 1.06. The summed E-state index contributed by atoms with van der Waals surface area (Å²) >= 11 is 4.41. The molecule has 0 fully saturated rings. The maximum Gasteiger partial charge on any atom is 0.387 e. The molecule has 0 heterocycles. The molecule has 0 aliphatic rings. The lowest BCUT2D eigenvalue weighted by Crippen LogP contribution is -2.03. The van der Waals surface area contributed by atoms with Gasteiger partial charge >= 0.3 is 6.61 Å². The van der Waals surface area contributed by atoms with Crippen molar-refractivity contribution >= 4 is 39.5 Å². The van der Waals surface area contributed by atoms with Gasteiger partial charge in [-0.15, -0.1) is 11.8 Å². The largest absolute Gasteiger partial charge is 0.431 e. The van der Waals surface area contributed by atoms with Gasteiger partial charge in [0.25, 0.3) is 0 Å². The second-order valence-electron chi connectivity index (χ2n) is 2.51. The molecule has 86 valence electrons. The number of rotatable bonds is 4. The third kappa shape index (κ3) is 3.04. The summed E-state index contributed by atoms with van der Waals surface area (Å²) in [6, 6.07) is 2.99. The van der Waals surface area contributed by atoms with E-state index in [-0.39, 0.29) is 11.4 Å². The van der Waals surface area contributed by atoms with Gasteiger partial charge in [-0.25, -0.2) is 4.79 Å². The van der Waals surface area contributed by atoms with Crippen LogP contribution in [0.15, 0.2) is 26.5 Å². The third-order valence-electron chi connectivity index (χ3n) is 1.62. The van der Waals surface area contributed by atoms with Gasteiger partial charge in [0.1, 0.15) is 5.69 Å². The van der Waals surface area contributed by atoms with Gasteiger partial charge in [0, 0.05) is 4.47 Å². The molecule has 0 N–H and O–H groups in total. The van der Waals surface area contributed by atoms with Crippen molar-refractivity contribution in [2.75, 3.05) is 6.26 Å². The average molecular weight is 310 g/mol. The summed E-state index contributed by atoms with van der Waals surface area (Å²) in [4.78, 5) is 13.9. The van der Waals surface area contributed by atoms with Gasteiger partial charge in [-0.3, -0.25) is 0 Å². The summed E-state index contributed by atoms with van der Waals surface area (Å²) in [5, 5.41) is 0. The van der Waals surface area contributed by atoms with E-state index in [0.717, 1.165) is 0 Å². The van der Waals surface area contributed by atoms with Crippen LogP contribution in [0, 0.1) is 0 Å². The molecule has 1 rings (SSSR count). The fourth-order valence-corrected chi connectivity index (χ4v) is 2.46. The van der Waals surface area contributed by atoms with Crippen molar-refractivity contribution in [2.45, 2.75) is 11.5 Å². The molecule has 0 amide bonds. The van der Waals surface area contributed by atoms with Gasteiger partial charge in [0.15, 0.2) is 5.75 Å². The number of carbonyl (C=O) groups excluding carboxylic acids is 1. The van der Waals surface area contributed by atoms with Crippen LogP contribution in [0.2, 0.25) is 0 Å². The first-order chi connectivity index (χ1) is 7.60. The topological polar surface area (TPSA) is 38.7 Å². The van der Waals surface area contributed by atoms with Crippen molar-refractivity contribution in [3.8, 4) is 5.75 Å². The van der Waals surface area contributed by atoms with E-state index in [2.05, 4.69) is 25.7 Å². The van der Waals surface area contributed by atoms with Crippen LogP contribution < -0.4 is 4.74 Å². The maximum absolute atomic E-state index is 12.2. The molecule has 0 atom stereocenters. The van der Waals surface area contributed by atoms with Crippen molar-refractivity contribution in [3.63, 3.8) is 0 Å². The number of ether oxygens (including phenoxy) is 1. The van der Waals surface area contributed by atoms with Gasteiger partial charge in [0.05, 0.1) is 4.90 Å². The summed E-state index contributed by atoms with van der Waals surface area (Å²) in [6.07, 6.45) is 3.00. The second kappa shape index (κ2) is 5.98. The minimum Gasteiger partial charge on any atom is -0.431 e. The highest BCUT2D eigenvalue weighted by atomic mass is 79.9. The number of halogens is 3. The number of hydrogen-bond acceptors (Lipinski definition) is 4. The Hall–Kier alpha value is -0.910. The SMILES string of the molecule is CSc1c(Br)ccc(N=C=O)c1OC(F)F. The van der Waals surface area contributed by atoms with Crippen molar-refractivity contribution < 1.29 is 18.3 Å². The monoisotopic (exact) mass is 309 g/mol. The zero-order valence-electron chi connectivity index (χ0n) is 8.04. The van der Waals surface area contributed by atoms with E-state index in [0.29, 0.717) is 9.37 Å². The lowest BCUT2D eigenvalue weighted by Gasteiger charge is -2.12.